The third-order valence-electron chi connectivity index (χ3n) is 3.00. The predicted octanol–water partition coefficient (Wildman–Crippen LogP) is 3.44. The Labute approximate surface area is 148 Å². The number of carbonyl (C=O) groups is 1. The van der Waals surface area contributed by atoms with Gasteiger partial charge in [0.2, 0.25) is 15.9 Å². The summed E-state index contributed by atoms with van der Waals surface area (Å²) in [6.45, 7) is 1.35. The fourth-order valence-electron chi connectivity index (χ4n) is 1.85. The van der Waals surface area contributed by atoms with Crippen molar-refractivity contribution in [3.8, 4) is 0 Å². The second-order valence-electron chi connectivity index (χ2n) is 4.92. The van der Waals surface area contributed by atoms with Crippen LogP contribution in [0, 0.1) is 5.82 Å². The Kier molecular flexibility index (Phi) is 5.82. The first kappa shape index (κ1) is 18.7. The molecule has 0 fully saturated rings. The zero-order valence-corrected chi connectivity index (χ0v) is 14.7. The van der Waals surface area contributed by atoms with Crippen LogP contribution in [0.1, 0.15) is 6.92 Å². The fraction of sp³-hybridized carbons (Fsp3) is 0.133. The highest BCUT2D eigenvalue weighted by Gasteiger charge is 2.24. The van der Waals surface area contributed by atoms with Gasteiger partial charge < -0.3 is 5.32 Å². The van der Waals surface area contributed by atoms with Crippen LogP contribution in [0.2, 0.25) is 10.0 Å². The summed E-state index contributed by atoms with van der Waals surface area (Å²) in [4.78, 5) is 11.8. The quantitative estimate of drug-likeness (QED) is 0.820. The number of sulfonamides is 1. The first-order valence-electron chi connectivity index (χ1n) is 6.73. The molecule has 2 aromatic carbocycles. The topological polar surface area (TPSA) is 75.3 Å². The second-order valence-corrected chi connectivity index (χ2v) is 7.44. The van der Waals surface area contributed by atoms with Crippen molar-refractivity contribution in [2.24, 2.45) is 0 Å². The maximum absolute atomic E-state index is 13.1. The molecule has 0 aromatic heterocycles. The molecule has 1 amide bonds. The molecule has 128 valence electrons. The number of amides is 1. The molecule has 2 aromatic rings. The summed E-state index contributed by atoms with van der Waals surface area (Å²) in [5.41, 5.74) is 0.215. The van der Waals surface area contributed by atoms with Crippen LogP contribution >= 0.6 is 23.2 Å². The van der Waals surface area contributed by atoms with Crippen LogP contribution in [0.4, 0.5) is 10.1 Å². The number of halogens is 3. The number of anilines is 1. The normalized spacial score (nSPS) is 12.7. The Hall–Kier alpha value is -1.67. The third-order valence-corrected chi connectivity index (χ3v) is 5.26. The lowest BCUT2D eigenvalue weighted by atomic mass is 10.3. The van der Waals surface area contributed by atoms with Gasteiger partial charge in [0, 0.05) is 10.7 Å². The van der Waals surface area contributed by atoms with Crippen LogP contribution in [0.25, 0.3) is 0 Å². The summed E-state index contributed by atoms with van der Waals surface area (Å²) >= 11 is 11.6. The number of hydrogen-bond acceptors (Lipinski definition) is 3. The third kappa shape index (κ3) is 4.67. The highest BCUT2D eigenvalue weighted by molar-refractivity contribution is 7.89. The Morgan fingerprint density at radius 3 is 2.54 bits per heavy atom. The van der Waals surface area contributed by atoms with Crippen molar-refractivity contribution >= 4 is 44.8 Å². The molecule has 0 spiro atoms. The first-order valence-corrected chi connectivity index (χ1v) is 8.97. The van der Waals surface area contributed by atoms with E-state index in [-0.39, 0.29) is 20.6 Å². The molecule has 9 heteroatoms. The molecule has 0 radical (unpaired) electrons. The Balaban J connectivity index is 2.14. The van der Waals surface area contributed by atoms with E-state index in [1.807, 2.05) is 0 Å². The maximum atomic E-state index is 13.1. The van der Waals surface area contributed by atoms with Gasteiger partial charge in [-0.25, -0.2) is 12.8 Å². The molecule has 24 heavy (non-hydrogen) atoms. The van der Waals surface area contributed by atoms with Gasteiger partial charge in [0.05, 0.1) is 11.1 Å². The van der Waals surface area contributed by atoms with Crippen molar-refractivity contribution in [1.29, 1.82) is 0 Å². The van der Waals surface area contributed by atoms with Crippen LogP contribution in [0.3, 0.4) is 0 Å². The van der Waals surface area contributed by atoms with Crippen molar-refractivity contribution < 1.29 is 17.6 Å². The van der Waals surface area contributed by atoms with Crippen LogP contribution in [0.5, 0.6) is 0 Å². The zero-order chi connectivity index (χ0) is 17.9. The van der Waals surface area contributed by atoms with E-state index < -0.39 is 27.8 Å². The SMILES string of the molecule is C[C@H](NS(=O)(=O)c1cc(Cl)ccc1Cl)C(=O)Nc1cccc(F)c1. The molecule has 2 N–H and O–H groups in total. The van der Waals surface area contributed by atoms with Gasteiger partial charge in [0.25, 0.3) is 0 Å². The Morgan fingerprint density at radius 2 is 1.88 bits per heavy atom. The number of benzene rings is 2. The molecule has 0 saturated heterocycles. The van der Waals surface area contributed by atoms with E-state index in [9.17, 15) is 17.6 Å². The minimum Gasteiger partial charge on any atom is -0.325 e. The molecule has 5 nitrogen and oxygen atoms in total. The number of nitrogens with one attached hydrogen (secondary N) is 2. The van der Waals surface area contributed by atoms with Gasteiger partial charge in [-0.1, -0.05) is 29.3 Å². The maximum Gasteiger partial charge on any atom is 0.242 e. The van der Waals surface area contributed by atoms with Crippen LogP contribution in [-0.4, -0.2) is 20.4 Å². The van der Waals surface area contributed by atoms with Crippen molar-refractivity contribution in [3.63, 3.8) is 0 Å². The largest absolute Gasteiger partial charge is 0.325 e. The molecule has 0 bridgehead atoms. The van der Waals surface area contributed by atoms with Crippen LogP contribution in [0.15, 0.2) is 47.4 Å². The van der Waals surface area contributed by atoms with Gasteiger partial charge in [-0.15, -0.1) is 0 Å². The second kappa shape index (κ2) is 7.48. The van der Waals surface area contributed by atoms with Crippen molar-refractivity contribution in [3.05, 3.63) is 58.3 Å². The highest BCUT2D eigenvalue weighted by Crippen LogP contribution is 2.25. The summed E-state index contributed by atoms with van der Waals surface area (Å²) in [6, 6.07) is 8.10. The number of hydrogen-bond donors (Lipinski definition) is 2. The van der Waals surface area contributed by atoms with Gasteiger partial charge in [0.1, 0.15) is 10.7 Å². The number of rotatable bonds is 5. The molecule has 0 unspecified atom stereocenters. The van der Waals surface area contributed by atoms with E-state index in [0.717, 1.165) is 6.07 Å². The minimum atomic E-state index is -4.06. The Bertz CT molecular complexity index is 875. The van der Waals surface area contributed by atoms with Gasteiger partial charge in [-0.05, 0) is 43.3 Å². The molecule has 0 aliphatic heterocycles. The smallest absolute Gasteiger partial charge is 0.242 e. The van der Waals surface area contributed by atoms with E-state index in [1.165, 1.54) is 43.3 Å². The predicted molar refractivity (Wildman–Crippen MR) is 91.3 cm³/mol. The lowest BCUT2D eigenvalue weighted by Gasteiger charge is -2.15. The van der Waals surface area contributed by atoms with E-state index in [0.29, 0.717) is 0 Å². The molecule has 0 heterocycles. The van der Waals surface area contributed by atoms with Gasteiger partial charge in [-0.3, -0.25) is 4.79 Å². The average molecular weight is 391 g/mol. The van der Waals surface area contributed by atoms with E-state index in [4.69, 9.17) is 23.2 Å². The molecule has 0 aliphatic carbocycles. The summed E-state index contributed by atoms with van der Waals surface area (Å²) < 4.78 is 40.0. The van der Waals surface area contributed by atoms with Crippen molar-refractivity contribution in [1.82, 2.24) is 4.72 Å². The summed E-state index contributed by atoms with van der Waals surface area (Å²) in [6.07, 6.45) is 0. The molecule has 2 rings (SSSR count). The van der Waals surface area contributed by atoms with Crippen molar-refractivity contribution in [2.45, 2.75) is 17.9 Å². The van der Waals surface area contributed by atoms with Crippen molar-refractivity contribution in [2.75, 3.05) is 5.32 Å². The lowest BCUT2D eigenvalue weighted by molar-refractivity contribution is -0.117. The zero-order valence-electron chi connectivity index (χ0n) is 12.4. The summed E-state index contributed by atoms with van der Waals surface area (Å²) in [5, 5.41) is 2.59. The van der Waals surface area contributed by atoms with Gasteiger partial charge in [-0.2, -0.15) is 4.72 Å². The highest BCUT2D eigenvalue weighted by atomic mass is 35.5. The van der Waals surface area contributed by atoms with Gasteiger partial charge >= 0.3 is 0 Å². The lowest BCUT2D eigenvalue weighted by Crippen LogP contribution is -2.41. The molecule has 0 aliphatic rings. The average Bonchev–Trinajstić information content (AvgIpc) is 2.49. The van der Waals surface area contributed by atoms with Gasteiger partial charge in [0.15, 0.2) is 0 Å². The monoisotopic (exact) mass is 390 g/mol. The Morgan fingerprint density at radius 1 is 1.17 bits per heavy atom. The van der Waals surface area contributed by atoms with Crippen LogP contribution in [-0.2, 0) is 14.8 Å². The molecule has 1 atom stereocenters. The standard InChI is InChI=1S/C15H13Cl2FN2O3S/c1-9(15(21)19-12-4-2-3-11(18)8-12)20-24(22,23)14-7-10(16)5-6-13(14)17/h2-9,20H,1H3,(H,19,21)/t9-/m0/s1. The fourth-order valence-corrected chi connectivity index (χ4v) is 3.82. The van der Waals surface area contributed by atoms with Crippen LogP contribution < -0.4 is 10.0 Å². The first-order chi connectivity index (χ1) is 11.2. The number of carbonyl (C=O) groups excluding carboxylic acids is 1. The van der Waals surface area contributed by atoms with E-state index in [1.54, 1.807) is 0 Å². The molecular weight excluding hydrogens is 378 g/mol. The molecular formula is C15H13Cl2FN2O3S. The van der Waals surface area contributed by atoms with E-state index >= 15 is 0 Å². The van der Waals surface area contributed by atoms with E-state index in [2.05, 4.69) is 10.0 Å². The minimum absolute atomic E-state index is 0.0235. The summed E-state index contributed by atoms with van der Waals surface area (Å²) in [5.74, 6) is -1.17. The summed E-state index contributed by atoms with van der Waals surface area (Å²) in [7, 11) is -4.06. The molecule has 0 saturated carbocycles.